The first kappa shape index (κ1) is 18.8. The number of rotatable bonds is 6. The second-order valence-electron chi connectivity index (χ2n) is 6.08. The maximum absolute atomic E-state index is 6.08. The van der Waals surface area contributed by atoms with Crippen LogP contribution in [0.2, 0.25) is 0 Å². The van der Waals surface area contributed by atoms with Crippen LogP contribution in [0.4, 0.5) is 0 Å². The lowest BCUT2D eigenvalue weighted by Crippen LogP contribution is -2.38. The summed E-state index contributed by atoms with van der Waals surface area (Å²) in [6.07, 6.45) is 0.912. The standard InChI is InChI=1S/C20H25NO2.ClH/c1-17-7-8-20(23-14-11-21-9-12-22-13-10-21)19(15-17)16-18-5-3-2-4-6-18;/h2-8,15H,9-14,16H2,1H3;1H. The van der Waals surface area contributed by atoms with Crippen molar-refractivity contribution in [3.05, 3.63) is 65.2 Å². The first-order chi connectivity index (χ1) is 11.3. The zero-order valence-corrected chi connectivity index (χ0v) is 15.1. The van der Waals surface area contributed by atoms with Gasteiger partial charge in [-0.25, -0.2) is 0 Å². The van der Waals surface area contributed by atoms with Crippen LogP contribution in [0, 0.1) is 6.92 Å². The Labute approximate surface area is 151 Å². The Bertz CT molecular complexity index is 612. The number of aryl methyl sites for hydroxylation is 1. The smallest absolute Gasteiger partial charge is 0.122 e. The third kappa shape index (κ3) is 5.52. The minimum Gasteiger partial charge on any atom is -0.492 e. The summed E-state index contributed by atoms with van der Waals surface area (Å²) in [4.78, 5) is 2.40. The van der Waals surface area contributed by atoms with Crippen molar-refractivity contribution in [2.24, 2.45) is 0 Å². The summed E-state index contributed by atoms with van der Waals surface area (Å²) in [5.41, 5.74) is 3.85. The van der Waals surface area contributed by atoms with Gasteiger partial charge in [-0.1, -0.05) is 48.0 Å². The van der Waals surface area contributed by atoms with Crippen molar-refractivity contribution in [2.75, 3.05) is 39.5 Å². The van der Waals surface area contributed by atoms with Crippen LogP contribution in [-0.4, -0.2) is 44.4 Å². The Morgan fingerprint density at radius 1 is 1.04 bits per heavy atom. The highest BCUT2D eigenvalue weighted by Crippen LogP contribution is 2.23. The minimum absolute atomic E-state index is 0. The molecule has 0 aromatic heterocycles. The van der Waals surface area contributed by atoms with E-state index in [9.17, 15) is 0 Å². The van der Waals surface area contributed by atoms with Crippen molar-refractivity contribution in [2.45, 2.75) is 13.3 Å². The van der Waals surface area contributed by atoms with E-state index in [0.29, 0.717) is 0 Å². The van der Waals surface area contributed by atoms with Crippen LogP contribution < -0.4 is 4.74 Å². The van der Waals surface area contributed by atoms with Gasteiger partial charge in [0.15, 0.2) is 0 Å². The summed E-state index contributed by atoms with van der Waals surface area (Å²) in [6.45, 7) is 7.51. The minimum atomic E-state index is 0. The Balaban J connectivity index is 0.00000208. The lowest BCUT2D eigenvalue weighted by molar-refractivity contribution is 0.0322. The van der Waals surface area contributed by atoms with Crippen LogP contribution in [0.1, 0.15) is 16.7 Å². The Morgan fingerprint density at radius 2 is 1.79 bits per heavy atom. The molecule has 3 nitrogen and oxygen atoms in total. The quantitative estimate of drug-likeness (QED) is 0.795. The van der Waals surface area contributed by atoms with Crippen molar-refractivity contribution in [3.63, 3.8) is 0 Å². The monoisotopic (exact) mass is 347 g/mol. The predicted octanol–water partition coefficient (Wildman–Crippen LogP) is 3.72. The lowest BCUT2D eigenvalue weighted by atomic mass is 10.0. The van der Waals surface area contributed by atoms with Gasteiger partial charge in [-0.15, -0.1) is 12.4 Å². The van der Waals surface area contributed by atoms with E-state index < -0.39 is 0 Å². The average molecular weight is 348 g/mol. The van der Waals surface area contributed by atoms with E-state index in [2.05, 4.69) is 60.4 Å². The summed E-state index contributed by atoms with van der Waals surface area (Å²) in [5, 5.41) is 0. The number of hydrogen-bond acceptors (Lipinski definition) is 3. The average Bonchev–Trinajstić information content (AvgIpc) is 2.59. The molecule has 0 bridgehead atoms. The van der Waals surface area contributed by atoms with Gasteiger partial charge in [0.05, 0.1) is 13.2 Å². The van der Waals surface area contributed by atoms with Gasteiger partial charge in [-0.2, -0.15) is 0 Å². The van der Waals surface area contributed by atoms with Crippen molar-refractivity contribution >= 4 is 12.4 Å². The van der Waals surface area contributed by atoms with Gasteiger partial charge in [0.1, 0.15) is 12.4 Å². The largest absolute Gasteiger partial charge is 0.492 e. The number of hydrogen-bond donors (Lipinski definition) is 0. The van der Waals surface area contributed by atoms with E-state index in [-0.39, 0.29) is 12.4 Å². The van der Waals surface area contributed by atoms with E-state index in [0.717, 1.165) is 51.6 Å². The van der Waals surface area contributed by atoms with Crippen molar-refractivity contribution in [1.82, 2.24) is 4.90 Å². The molecule has 2 aromatic rings. The van der Waals surface area contributed by atoms with E-state index in [1.54, 1.807) is 0 Å². The molecule has 2 aromatic carbocycles. The molecule has 0 unspecified atom stereocenters. The molecule has 130 valence electrons. The third-order valence-corrected chi connectivity index (χ3v) is 4.22. The molecule has 0 amide bonds. The van der Waals surface area contributed by atoms with Crippen LogP contribution in [0.15, 0.2) is 48.5 Å². The molecule has 0 saturated carbocycles. The molecule has 0 spiro atoms. The Morgan fingerprint density at radius 3 is 2.54 bits per heavy atom. The van der Waals surface area contributed by atoms with Gasteiger partial charge in [-0.3, -0.25) is 4.90 Å². The summed E-state index contributed by atoms with van der Waals surface area (Å²) in [6, 6.07) is 17.0. The number of morpholine rings is 1. The van der Waals surface area contributed by atoms with Crippen LogP contribution >= 0.6 is 12.4 Å². The van der Waals surface area contributed by atoms with Crippen LogP contribution in [0.5, 0.6) is 5.75 Å². The summed E-state index contributed by atoms with van der Waals surface area (Å²) in [7, 11) is 0. The number of halogens is 1. The molecular formula is C20H26ClNO2. The molecule has 3 rings (SSSR count). The molecule has 1 fully saturated rings. The van der Waals surface area contributed by atoms with Crippen molar-refractivity contribution in [1.29, 1.82) is 0 Å². The molecule has 0 aliphatic carbocycles. The molecule has 1 aliphatic heterocycles. The molecule has 0 N–H and O–H groups in total. The van der Waals surface area contributed by atoms with Crippen molar-refractivity contribution in [3.8, 4) is 5.75 Å². The molecule has 24 heavy (non-hydrogen) atoms. The highest BCUT2D eigenvalue weighted by molar-refractivity contribution is 5.85. The van der Waals surface area contributed by atoms with E-state index in [1.165, 1.54) is 16.7 Å². The van der Waals surface area contributed by atoms with Gasteiger partial charge < -0.3 is 9.47 Å². The van der Waals surface area contributed by atoms with Crippen LogP contribution in [0.3, 0.4) is 0 Å². The van der Waals surface area contributed by atoms with Gasteiger partial charge in [0.25, 0.3) is 0 Å². The molecule has 0 atom stereocenters. The fourth-order valence-electron chi connectivity index (χ4n) is 2.91. The van der Waals surface area contributed by atoms with E-state index in [4.69, 9.17) is 9.47 Å². The van der Waals surface area contributed by atoms with Gasteiger partial charge in [-0.05, 0) is 24.1 Å². The molecular weight excluding hydrogens is 322 g/mol. The summed E-state index contributed by atoms with van der Waals surface area (Å²) < 4.78 is 11.5. The Hall–Kier alpha value is -1.55. The zero-order valence-electron chi connectivity index (χ0n) is 14.2. The number of nitrogens with zero attached hydrogens (tertiary/aromatic N) is 1. The predicted molar refractivity (Wildman–Crippen MR) is 100 cm³/mol. The van der Waals surface area contributed by atoms with E-state index in [1.807, 2.05) is 0 Å². The molecule has 1 heterocycles. The van der Waals surface area contributed by atoms with Crippen LogP contribution in [0.25, 0.3) is 0 Å². The summed E-state index contributed by atoms with van der Waals surface area (Å²) >= 11 is 0. The molecule has 1 aliphatic rings. The number of benzene rings is 2. The van der Waals surface area contributed by atoms with Gasteiger partial charge >= 0.3 is 0 Å². The maximum atomic E-state index is 6.08. The SMILES string of the molecule is Cc1ccc(OCCN2CCOCC2)c(Cc2ccccc2)c1.Cl. The fourth-order valence-corrected chi connectivity index (χ4v) is 2.91. The first-order valence-corrected chi connectivity index (χ1v) is 8.37. The highest BCUT2D eigenvalue weighted by Gasteiger charge is 2.11. The zero-order chi connectivity index (χ0) is 15.9. The molecule has 0 radical (unpaired) electrons. The Kier molecular flexibility index (Phi) is 7.57. The van der Waals surface area contributed by atoms with E-state index >= 15 is 0 Å². The van der Waals surface area contributed by atoms with Gasteiger partial charge in [0.2, 0.25) is 0 Å². The topological polar surface area (TPSA) is 21.7 Å². The second kappa shape index (κ2) is 9.67. The number of ether oxygens (including phenoxy) is 2. The maximum Gasteiger partial charge on any atom is 0.122 e. The molecule has 4 heteroatoms. The lowest BCUT2D eigenvalue weighted by Gasteiger charge is -2.26. The highest BCUT2D eigenvalue weighted by atomic mass is 35.5. The third-order valence-electron chi connectivity index (χ3n) is 4.22. The summed E-state index contributed by atoms with van der Waals surface area (Å²) in [5.74, 6) is 1.01. The van der Waals surface area contributed by atoms with Crippen molar-refractivity contribution < 1.29 is 9.47 Å². The fraction of sp³-hybridized carbons (Fsp3) is 0.400. The molecule has 1 saturated heterocycles. The second-order valence-corrected chi connectivity index (χ2v) is 6.08. The first-order valence-electron chi connectivity index (χ1n) is 8.37. The van der Waals surface area contributed by atoms with Gasteiger partial charge in [0, 0.05) is 26.1 Å². The van der Waals surface area contributed by atoms with Crippen LogP contribution in [-0.2, 0) is 11.2 Å². The normalized spacial score (nSPS) is 14.9.